The van der Waals surface area contributed by atoms with Crippen molar-refractivity contribution in [2.75, 3.05) is 6.79 Å². The lowest BCUT2D eigenvalue weighted by atomic mass is 10.1. The van der Waals surface area contributed by atoms with Gasteiger partial charge in [-0.25, -0.2) is 0 Å². The topological polar surface area (TPSA) is 57.5 Å². The van der Waals surface area contributed by atoms with E-state index in [4.69, 9.17) is 9.47 Å². The van der Waals surface area contributed by atoms with Crippen molar-refractivity contribution in [3.63, 3.8) is 0 Å². The van der Waals surface area contributed by atoms with Crippen molar-refractivity contribution in [1.29, 1.82) is 0 Å². The number of aromatic nitrogens is 1. The molecule has 114 valence electrons. The fourth-order valence-electron chi connectivity index (χ4n) is 2.87. The number of aldehydes is 1. The Morgan fingerprint density at radius 2 is 1.96 bits per heavy atom. The van der Waals surface area contributed by atoms with Crippen LogP contribution < -0.4 is 9.47 Å². The zero-order valence-corrected chi connectivity index (χ0v) is 12.2. The van der Waals surface area contributed by atoms with Crippen LogP contribution in [-0.2, 0) is 11.3 Å². The Morgan fingerprint density at radius 3 is 2.83 bits per heavy atom. The van der Waals surface area contributed by atoms with Crippen LogP contribution in [0.25, 0.3) is 10.9 Å². The third-order valence-corrected chi connectivity index (χ3v) is 3.95. The molecule has 0 radical (unpaired) electrons. The van der Waals surface area contributed by atoms with E-state index in [1.54, 1.807) is 6.20 Å². The van der Waals surface area contributed by atoms with Crippen LogP contribution in [0.5, 0.6) is 11.5 Å². The number of hydrogen-bond donors (Lipinski definition) is 0. The van der Waals surface area contributed by atoms with Crippen molar-refractivity contribution in [3.05, 3.63) is 59.8 Å². The molecule has 0 spiro atoms. The maximum atomic E-state index is 11.8. The number of ether oxygens (including phenoxy) is 2. The number of nitrogens with zero attached hydrogens (tertiary/aromatic N) is 1. The van der Waals surface area contributed by atoms with Gasteiger partial charge in [0.05, 0.1) is 5.56 Å². The molecule has 4 rings (SSSR count). The van der Waals surface area contributed by atoms with Crippen molar-refractivity contribution in [2.24, 2.45) is 0 Å². The van der Waals surface area contributed by atoms with E-state index >= 15 is 0 Å². The van der Waals surface area contributed by atoms with Gasteiger partial charge in [-0.05, 0) is 23.8 Å². The minimum absolute atomic E-state index is 0.239. The lowest BCUT2D eigenvalue weighted by Crippen LogP contribution is -2.00. The monoisotopic (exact) mass is 307 g/mol. The Balaban J connectivity index is 1.77. The predicted molar refractivity (Wildman–Crippen MR) is 84.0 cm³/mol. The molecular weight excluding hydrogens is 294 g/mol. The van der Waals surface area contributed by atoms with Gasteiger partial charge in [0.1, 0.15) is 0 Å². The highest BCUT2D eigenvalue weighted by molar-refractivity contribution is 6.36. The van der Waals surface area contributed by atoms with E-state index in [9.17, 15) is 9.59 Å². The summed E-state index contributed by atoms with van der Waals surface area (Å²) < 4.78 is 12.7. The molecule has 1 aromatic heterocycles. The number of carbonyl (C=O) groups is 2. The molecule has 1 aliphatic heterocycles. The summed E-state index contributed by atoms with van der Waals surface area (Å²) in [5, 5.41) is 0.783. The van der Waals surface area contributed by atoms with Gasteiger partial charge in [-0.3, -0.25) is 9.59 Å². The zero-order chi connectivity index (χ0) is 15.8. The number of hydrogen-bond acceptors (Lipinski definition) is 4. The third-order valence-electron chi connectivity index (χ3n) is 3.95. The van der Waals surface area contributed by atoms with Gasteiger partial charge in [0, 0.05) is 23.6 Å². The number of para-hydroxylation sites is 1. The highest BCUT2D eigenvalue weighted by Gasteiger charge is 2.16. The number of Topliss-reactive ketones (excluding diaryl/α,β-unsaturated/α-hetero) is 1. The number of benzene rings is 2. The summed E-state index contributed by atoms with van der Waals surface area (Å²) in [6, 6.07) is 13.3. The third kappa shape index (κ3) is 2.26. The first kappa shape index (κ1) is 13.6. The van der Waals surface area contributed by atoms with Crippen LogP contribution >= 0.6 is 0 Å². The van der Waals surface area contributed by atoms with Gasteiger partial charge >= 0.3 is 0 Å². The fourth-order valence-corrected chi connectivity index (χ4v) is 2.87. The standard InChI is InChI=1S/C18H13NO4/c20-10-16(21)14-9-19(15-4-2-1-3-13(14)15)8-12-5-6-17-18(7-12)23-11-22-17/h1-7,9-10H,8,11H2. The second-order valence-electron chi connectivity index (χ2n) is 5.36. The summed E-state index contributed by atoms with van der Waals surface area (Å²) in [7, 11) is 0. The van der Waals surface area contributed by atoms with Crippen LogP contribution in [0.15, 0.2) is 48.7 Å². The minimum atomic E-state index is -0.509. The molecule has 5 heteroatoms. The molecule has 0 fully saturated rings. The van der Waals surface area contributed by atoms with Crippen molar-refractivity contribution >= 4 is 23.0 Å². The first-order valence-corrected chi connectivity index (χ1v) is 7.22. The van der Waals surface area contributed by atoms with Crippen molar-refractivity contribution in [3.8, 4) is 11.5 Å². The van der Waals surface area contributed by atoms with E-state index < -0.39 is 5.78 Å². The molecule has 0 saturated carbocycles. The van der Waals surface area contributed by atoms with Crippen LogP contribution in [0, 0.1) is 0 Å². The lowest BCUT2D eigenvalue weighted by Gasteiger charge is -2.06. The Labute approximate surface area is 132 Å². The number of fused-ring (bicyclic) bond motifs is 2. The Hall–Kier alpha value is -3.08. The molecule has 5 nitrogen and oxygen atoms in total. The molecule has 0 unspecified atom stereocenters. The molecule has 3 aromatic rings. The molecule has 0 N–H and O–H groups in total. The molecule has 2 heterocycles. The molecule has 1 aliphatic rings. The quantitative estimate of drug-likeness (QED) is 0.422. The lowest BCUT2D eigenvalue weighted by molar-refractivity contribution is -0.104. The average Bonchev–Trinajstić information content (AvgIpc) is 3.19. The summed E-state index contributed by atoms with van der Waals surface area (Å²) in [6.07, 6.45) is 2.08. The summed E-state index contributed by atoms with van der Waals surface area (Å²) in [5.74, 6) is 0.955. The van der Waals surface area contributed by atoms with E-state index in [0.29, 0.717) is 18.4 Å². The second kappa shape index (κ2) is 5.28. The van der Waals surface area contributed by atoms with Crippen LogP contribution in [0.1, 0.15) is 15.9 Å². The molecule has 23 heavy (non-hydrogen) atoms. The van der Waals surface area contributed by atoms with Crippen molar-refractivity contribution in [2.45, 2.75) is 6.54 Å². The Morgan fingerprint density at radius 1 is 1.13 bits per heavy atom. The average molecular weight is 307 g/mol. The zero-order valence-electron chi connectivity index (χ0n) is 12.2. The summed E-state index contributed by atoms with van der Waals surface area (Å²) in [5.41, 5.74) is 2.37. The maximum Gasteiger partial charge on any atom is 0.231 e. The van der Waals surface area contributed by atoms with Gasteiger partial charge in [-0.1, -0.05) is 24.3 Å². The van der Waals surface area contributed by atoms with Crippen LogP contribution in [0.4, 0.5) is 0 Å². The fraction of sp³-hybridized carbons (Fsp3) is 0.111. The van der Waals surface area contributed by atoms with E-state index in [0.717, 1.165) is 28.0 Å². The molecule has 2 aromatic carbocycles. The first-order chi connectivity index (χ1) is 11.3. The van der Waals surface area contributed by atoms with Crippen LogP contribution in [-0.4, -0.2) is 23.4 Å². The van der Waals surface area contributed by atoms with Gasteiger partial charge in [0.25, 0.3) is 0 Å². The molecule has 0 bridgehead atoms. The van der Waals surface area contributed by atoms with Gasteiger partial charge < -0.3 is 14.0 Å². The summed E-state index contributed by atoms with van der Waals surface area (Å²) in [6.45, 7) is 0.812. The van der Waals surface area contributed by atoms with Gasteiger partial charge in [-0.15, -0.1) is 0 Å². The normalized spacial score (nSPS) is 12.5. The second-order valence-corrected chi connectivity index (χ2v) is 5.36. The van der Waals surface area contributed by atoms with Gasteiger partial charge in [0.15, 0.2) is 17.8 Å². The van der Waals surface area contributed by atoms with Crippen molar-refractivity contribution < 1.29 is 19.1 Å². The van der Waals surface area contributed by atoms with Crippen LogP contribution in [0.2, 0.25) is 0 Å². The first-order valence-electron chi connectivity index (χ1n) is 7.22. The summed E-state index contributed by atoms with van der Waals surface area (Å²) >= 11 is 0. The highest BCUT2D eigenvalue weighted by Crippen LogP contribution is 2.33. The minimum Gasteiger partial charge on any atom is -0.454 e. The molecular formula is C18H13NO4. The number of ketones is 1. The molecule has 0 saturated heterocycles. The van der Waals surface area contributed by atoms with E-state index in [-0.39, 0.29) is 6.79 Å². The smallest absolute Gasteiger partial charge is 0.231 e. The number of carbonyl (C=O) groups excluding carboxylic acids is 2. The molecule has 0 aliphatic carbocycles. The Kier molecular flexibility index (Phi) is 3.12. The SMILES string of the molecule is O=CC(=O)c1cn(Cc2ccc3c(c2)OCO3)c2ccccc12. The van der Waals surface area contributed by atoms with Crippen LogP contribution in [0.3, 0.4) is 0 Å². The Bertz CT molecular complexity index is 926. The van der Waals surface area contributed by atoms with Gasteiger partial charge in [0.2, 0.25) is 12.6 Å². The molecule has 0 amide bonds. The van der Waals surface area contributed by atoms with E-state index in [2.05, 4.69) is 0 Å². The predicted octanol–water partition coefficient (Wildman–Crippen LogP) is 2.80. The van der Waals surface area contributed by atoms with Crippen molar-refractivity contribution in [1.82, 2.24) is 4.57 Å². The van der Waals surface area contributed by atoms with E-state index in [1.807, 2.05) is 47.0 Å². The number of rotatable bonds is 4. The van der Waals surface area contributed by atoms with Gasteiger partial charge in [-0.2, -0.15) is 0 Å². The molecule has 0 atom stereocenters. The largest absolute Gasteiger partial charge is 0.454 e. The van der Waals surface area contributed by atoms with E-state index in [1.165, 1.54) is 0 Å². The maximum absolute atomic E-state index is 11.8. The summed E-state index contributed by atoms with van der Waals surface area (Å²) in [4.78, 5) is 22.7. The highest BCUT2D eigenvalue weighted by atomic mass is 16.7.